The van der Waals surface area contributed by atoms with Gasteiger partial charge < -0.3 is 10.1 Å². The van der Waals surface area contributed by atoms with Gasteiger partial charge in [0.25, 0.3) is 5.91 Å². The second-order valence-corrected chi connectivity index (χ2v) is 8.20. The predicted octanol–water partition coefficient (Wildman–Crippen LogP) is 5.45. The lowest BCUT2D eigenvalue weighted by atomic mass is 9.96. The molecule has 2 aromatic rings. The third-order valence-electron chi connectivity index (χ3n) is 5.15. The number of ether oxygens (including phenoxy) is 1. The van der Waals surface area contributed by atoms with Crippen LogP contribution in [0.3, 0.4) is 0 Å². The first-order valence-electron chi connectivity index (χ1n) is 9.71. The minimum atomic E-state index is -0.328. The summed E-state index contributed by atoms with van der Waals surface area (Å²) in [7, 11) is 0. The van der Waals surface area contributed by atoms with E-state index in [1.165, 1.54) is 29.1 Å². The van der Waals surface area contributed by atoms with Gasteiger partial charge in [-0.1, -0.05) is 18.9 Å². The number of hydrogen-bond donors (Lipinski definition) is 1. The summed E-state index contributed by atoms with van der Waals surface area (Å²) < 4.78 is 5.30. The second-order valence-electron chi connectivity index (χ2n) is 7.10. The molecule has 0 aliphatic heterocycles. The number of esters is 1. The molecular weight excluding hydrogens is 358 g/mol. The molecule has 0 atom stereocenters. The zero-order chi connectivity index (χ0) is 19.4. The molecule has 0 fully saturated rings. The van der Waals surface area contributed by atoms with Crippen molar-refractivity contribution in [2.24, 2.45) is 0 Å². The van der Waals surface area contributed by atoms with E-state index in [2.05, 4.69) is 5.32 Å². The normalized spacial score (nSPS) is 14.0. The molecule has 1 aromatic carbocycles. The number of thiophene rings is 1. The number of hydrogen-bond acceptors (Lipinski definition) is 4. The van der Waals surface area contributed by atoms with Gasteiger partial charge in [-0.15, -0.1) is 11.3 Å². The molecule has 0 spiro atoms. The van der Waals surface area contributed by atoms with Crippen LogP contribution in [0.2, 0.25) is 0 Å². The highest BCUT2D eigenvalue weighted by atomic mass is 32.1. The molecule has 0 radical (unpaired) electrons. The van der Waals surface area contributed by atoms with Crippen molar-refractivity contribution in [3.63, 3.8) is 0 Å². The van der Waals surface area contributed by atoms with Gasteiger partial charge >= 0.3 is 5.97 Å². The molecule has 1 aromatic heterocycles. The van der Waals surface area contributed by atoms with E-state index in [-0.39, 0.29) is 11.9 Å². The van der Waals surface area contributed by atoms with Gasteiger partial charge in [-0.05, 0) is 75.3 Å². The molecule has 27 heavy (non-hydrogen) atoms. The zero-order valence-corrected chi connectivity index (χ0v) is 17.1. The summed E-state index contributed by atoms with van der Waals surface area (Å²) in [5.41, 5.74) is 4.47. The maximum absolute atomic E-state index is 12.8. The van der Waals surface area contributed by atoms with Crippen molar-refractivity contribution in [3.05, 3.63) is 50.9 Å². The molecule has 144 valence electrons. The minimum absolute atomic E-state index is 0.183. The molecule has 0 saturated carbocycles. The van der Waals surface area contributed by atoms with E-state index >= 15 is 0 Å². The Morgan fingerprint density at radius 1 is 1.07 bits per heavy atom. The van der Waals surface area contributed by atoms with Crippen LogP contribution in [0.5, 0.6) is 0 Å². The van der Waals surface area contributed by atoms with Crippen LogP contribution in [-0.2, 0) is 17.6 Å². The fourth-order valence-corrected chi connectivity index (χ4v) is 4.76. The van der Waals surface area contributed by atoms with Crippen LogP contribution in [0.4, 0.5) is 5.00 Å². The van der Waals surface area contributed by atoms with Crippen LogP contribution < -0.4 is 5.32 Å². The Morgan fingerprint density at radius 2 is 1.81 bits per heavy atom. The molecule has 1 amide bonds. The Bertz CT molecular complexity index is 853. The average Bonchev–Trinajstić information content (AvgIpc) is 2.93. The van der Waals surface area contributed by atoms with Crippen molar-refractivity contribution in [1.29, 1.82) is 0 Å². The second kappa shape index (κ2) is 8.70. The monoisotopic (exact) mass is 385 g/mol. The van der Waals surface area contributed by atoms with Crippen molar-refractivity contribution < 1.29 is 14.3 Å². The quantitative estimate of drug-likeness (QED) is 0.712. The zero-order valence-electron chi connectivity index (χ0n) is 16.3. The Labute approximate surface area is 164 Å². The summed E-state index contributed by atoms with van der Waals surface area (Å²) in [6.45, 7) is 6.15. The Balaban J connectivity index is 1.95. The van der Waals surface area contributed by atoms with Crippen molar-refractivity contribution in [1.82, 2.24) is 0 Å². The standard InChI is InChI=1S/C22H27NO3S/c1-4-26-22(25)19-17-9-7-5-6-8-10-18(17)27-21(19)23-20(24)16-12-11-14(2)15(3)13-16/h11-13H,4-10H2,1-3H3,(H,23,24). The van der Waals surface area contributed by atoms with E-state index in [9.17, 15) is 9.59 Å². The SMILES string of the molecule is CCOC(=O)c1c(NC(=O)c2ccc(C)c(C)c2)sc2c1CCCCCC2. The van der Waals surface area contributed by atoms with Gasteiger partial charge in [-0.3, -0.25) is 4.79 Å². The van der Waals surface area contributed by atoms with Crippen LogP contribution >= 0.6 is 11.3 Å². The van der Waals surface area contributed by atoms with Gasteiger partial charge in [-0.2, -0.15) is 0 Å². The Kier molecular flexibility index (Phi) is 6.32. The van der Waals surface area contributed by atoms with Crippen LogP contribution in [-0.4, -0.2) is 18.5 Å². The molecule has 0 saturated heterocycles. The van der Waals surface area contributed by atoms with E-state index in [0.717, 1.165) is 42.4 Å². The molecule has 1 heterocycles. The number of carbonyl (C=O) groups is 2. The van der Waals surface area contributed by atoms with Gasteiger partial charge in [0.2, 0.25) is 0 Å². The maximum Gasteiger partial charge on any atom is 0.341 e. The Morgan fingerprint density at radius 3 is 2.52 bits per heavy atom. The molecule has 1 aliphatic carbocycles. The molecular formula is C22H27NO3S. The molecule has 4 nitrogen and oxygen atoms in total. The smallest absolute Gasteiger partial charge is 0.341 e. The number of fused-ring (bicyclic) bond motifs is 1. The molecule has 0 bridgehead atoms. The molecule has 0 unspecified atom stereocenters. The minimum Gasteiger partial charge on any atom is -0.462 e. The van der Waals surface area contributed by atoms with E-state index < -0.39 is 0 Å². The van der Waals surface area contributed by atoms with Crippen molar-refractivity contribution >= 4 is 28.2 Å². The third-order valence-corrected chi connectivity index (χ3v) is 6.35. The van der Waals surface area contributed by atoms with Gasteiger partial charge in [0, 0.05) is 10.4 Å². The number of nitrogens with one attached hydrogen (secondary N) is 1. The van der Waals surface area contributed by atoms with Gasteiger partial charge in [0.15, 0.2) is 0 Å². The fraction of sp³-hybridized carbons (Fsp3) is 0.455. The topological polar surface area (TPSA) is 55.4 Å². The van der Waals surface area contributed by atoms with Crippen molar-refractivity contribution in [3.8, 4) is 0 Å². The first kappa shape index (κ1) is 19.6. The van der Waals surface area contributed by atoms with Gasteiger partial charge in [0.05, 0.1) is 12.2 Å². The molecule has 5 heteroatoms. The summed E-state index contributed by atoms with van der Waals surface area (Å²) in [6, 6.07) is 5.66. The number of rotatable bonds is 4. The van der Waals surface area contributed by atoms with Crippen LogP contribution in [0.1, 0.15) is 74.9 Å². The lowest BCUT2D eigenvalue weighted by Gasteiger charge is -2.11. The molecule has 1 aliphatic rings. The molecule has 3 rings (SSSR count). The highest BCUT2D eigenvalue weighted by Crippen LogP contribution is 2.37. The van der Waals surface area contributed by atoms with Gasteiger partial charge in [0.1, 0.15) is 5.00 Å². The lowest BCUT2D eigenvalue weighted by molar-refractivity contribution is 0.0526. The van der Waals surface area contributed by atoms with Crippen LogP contribution in [0.15, 0.2) is 18.2 Å². The fourth-order valence-electron chi connectivity index (χ4n) is 3.48. The third kappa shape index (κ3) is 4.41. The number of amides is 1. The summed E-state index contributed by atoms with van der Waals surface area (Å²) in [6.07, 6.45) is 6.44. The van der Waals surface area contributed by atoms with E-state index in [1.54, 1.807) is 6.92 Å². The summed E-state index contributed by atoms with van der Waals surface area (Å²) in [5, 5.41) is 3.62. The highest BCUT2D eigenvalue weighted by Gasteiger charge is 2.26. The predicted molar refractivity (Wildman–Crippen MR) is 110 cm³/mol. The number of aryl methyl sites for hydroxylation is 3. The largest absolute Gasteiger partial charge is 0.462 e. The number of anilines is 1. The van der Waals surface area contributed by atoms with Crippen LogP contribution in [0, 0.1) is 13.8 Å². The number of carbonyl (C=O) groups excluding carboxylic acids is 2. The first-order chi connectivity index (χ1) is 13.0. The van der Waals surface area contributed by atoms with E-state index in [1.807, 2.05) is 32.0 Å². The lowest BCUT2D eigenvalue weighted by Crippen LogP contribution is -2.15. The van der Waals surface area contributed by atoms with Crippen LogP contribution in [0.25, 0.3) is 0 Å². The summed E-state index contributed by atoms with van der Waals surface area (Å²) >= 11 is 1.54. The summed E-state index contributed by atoms with van der Waals surface area (Å²) in [4.78, 5) is 26.7. The number of benzene rings is 1. The van der Waals surface area contributed by atoms with Gasteiger partial charge in [-0.25, -0.2) is 4.79 Å². The van der Waals surface area contributed by atoms with E-state index in [4.69, 9.17) is 4.74 Å². The first-order valence-corrected chi connectivity index (χ1v) is 10.5. The summed E-state index contributed by atoms with van der Waals surface area (Å²) in [5.74, 6) is -0.510. The van der Waals surface area contributed by atoms with Crippen molar-refractivity contribution in [2.75, 3.05) is 11.9 Å². The Hall–Kier alpha value is -2.14. The average molecular weight is 386 g/mol. The van der Waals surface area contributed by atoms with E-state index in [0.29, 0.717) is 22.7 Å². The molecule has 1 N–H and O–H groups in total. The maximum atomic E-state index is 12.8. The van der Waals surface area contributed by atoms with Crippen molar-refractivity contribution in [2.45, 2.75) is 59.3 Å². The highest BCUT2D eigenvalue weighted by molar-refractivity contribution is 7.17.